The fourth-order valence-corrected chi connectivity index (χ4v) is 7.85. The Bertz CT molecular complexity index is 1000. The maximum atomic E-state index is 12.7. The van der Waals surface area contributed by atoms with Gasteiger partial charge in [-0.25, -0.2) is 4.57 Å². The highest BCUT2D eigenvalue weighted by Gasteiger charge is 2.28. The van der Waals surface area contributed by atoms with E-state index in [0.29, 0.717) is 12.8 Å². The Morgan fingerprint density at radius 2 is 0.759 bits per heavy atom. The molecule has 0 aliphatic heterocycles. The highest BCUT2D eigenvalue weighted by atomic mass is 31.2. The van der Waals surface area contributed by atoms with Crippen molar-refractivity contribution >= 4 is 25.7 Å². The first-order valence-electron chi connectivity index (χ1n) is 24.1. The number of esters is 2. The van der Waals surface area contributed by atoms with Crippen LogP contribution in [0.4, 0.5) is 0 Å². The molecule has 11 nitrogen and oxygen atoms in total. The van der Waals surface area contributed by atoms with Gasteiger partial charge in [-0.1, -0.05) is 219 Å². The summed E-state index contributed by atoms with van der Waals surface area (Å²) in [6.07, 6.45) is 41.7. The van der Waals surface area contributed by atoms with Crippen molar-refractivity contribution in [3.05, 3.63) is 0 Å². The summed E-state index contributed by atoms with van der Waals surface area (Å²) < 4.78 is 32.8. The van der Waals surface area contributed by atoms with Gasteiger partial charge in [-0.05, 0) is 12.8 Å². The van der Waals surface area contributed by atoms with Gasteiger partial charge in [0.1, 0.15) is 12.6 Å². The molecule has 0 bridgehead atoms. The zero-order valence-corrected chi connectivity index (χ0v) is 38.3. The number of ether oxygens (including phenoxy) is 2. The van der Waals surface area contributed by atoms with Crippen LogP contribution in [0.15, 0.2) is 0 Å². The highest BCUT2D eigenvalue weighted by molar-refractivity contribution is 7.47. The second kappa shape index (κ2) is 42.2. The maximum Gasteiger partial charge on any atom is 0.472 e. The SMILES string of the molecule is CCCCCCCCCCCCCCCCCCCCCCCC(=O)O[C@@H](COC(=O)CCCCCCCCCCCCCCC)COP(=O)(O)OC[C@H](N)C(=O)O. The van der Waals surface area contributed by atoms with Crippen molar-refractivity contribution < 1.29 is 47.5 Å². The van der Waals surface area contributed by atoms with Gasteiger partial charge >= 0.3 is 25.7 Å². The van der Waals surface area contributed by atoms with Crippen LogP contribution >= 0.6 is 7.82 Å². The summed E-state index contributed by atoms with van der Waals surface area (Å²) in [6.45, 7) is 2.85. The van der Waals surface area contributed by atoms with Crippen LogP contribution in [-0.4, -0.2) is 59.9 Å². The summed E-state index contributed by atoms with van der Waals surface area (Å²) in [5, 5.41) is 8.90. The van der Waals surface area contributed by atoms with Gasteiger partial charge in [0.15, 0.2) is 6.10 Å². The Labute approximate surface area is 355 Å². The molecule has 0 saturated heterocycles. The Morgan fingerprint density at radius 3 is 1.09 bits per heavy atom. The first-order chi connectivity index (χ1) is 28.1. The number of phosphoric acid groups is 1. The lowest BCUT2D eigenvalue weighted by atomic mass is 10.0. The summed E-state index contributed by atoms with van der Waals surface area (Å²) in [6, 6.07) is -1.52. The second-order valence-corrected chi connectivity index (χ2v) is 18.1. The lowest BCUT2D eigenvalue weighted by molar-refractivity contribution is -0.161. The molecule has 0 fully saturated rings. The van der Waals surface area contributed by atoms with Gasteiger partial charge in [0.25, 0.3) is 0 Å². The number of carbonyl (C=O) groups is 3. The number of carboxylic acid groups (broad SMARTS) is 1. The normalized spacial score (nSPS) is 13.6. The average molecular weight is 848 g/mol. The zero-order valence-electron chi connectivity index (χ0n) is 37.4. The third-order valence-electron chi connectivity index (χ3n) is 10.9. The minimum absolute atomic E-state index is 0.170. The van der Waals surface area contributed by atoms with Crippen LogP contribution in [0.2, 0.25) is 0 Å². The van der Waals surface area contributed by atoms with Gasteiger partial charge in [0, 0.05) is 12.8 Å². The second-order valence-electron chi connectivity index (χ2n) is 16.6. The van der Waals surface area contributed by atoms with E-state index in [4.69, 9.17) is 24.8 Å². The Morgan fingerprint density at radius 1 is 0.466 bits per heavy atom. The topological polar surface area (TPSA) is 172 Å². The van der Waals surface area contributed by atoms with E-state index in [9.17, 15) is 23.8 Å². The standard InChI is InChI=1S/C46H90NO10P/c1-3-5-7-9-11-13-15-17-18-19-20-21-22-23-24-26-28-30-32-34-36-38-45(49)57-42(40-55-58(52,53)56-41-43(47)46(50)51)39-54-44(48)37-35-33-31-29-27-25-16-14-12-10-8-6-4-2/h42-43H,3-41,47H2,1-2H3,(H,50,51)(H,52,53)/t42-,43-/m0/s1. The van der Waals surface area contributed by atoms with Crippen molar-refractivity contribution in [3.8, 4) is 0 Å². The Balaban J connectivity index is 4.20. The van der Waals surface area contributed by atoms with Crippen LogP contribution in [0.3, 0.4) is 0 Å². The number of unbranched alkanes of at least 4 members (excludes halogenated alkanes) is 32. The van der Waals surface area contributed by atoms with Crippen LogP contribution in [0.5, 0.6) is 0 Å². The first-order valence-corrected chi connectivity index (χ1v) is 25.6. The van der Waals surface area contributed by atoms with E-state index in [1.165, 1.54) is 167 Å². The molecule has 0 aliphatic rings. The molecule has 0 aliphatic carbocycles. The molecule has 0 radical (unpaired) electrons. The van der Waals surface area contributed by atoms with Crippen molar-refractivity contribution in [3.63, 3.8) is 0 Å². The number of phosphoric ester groups is 1. The molecular weight excluding hydrogens is 757 g/mol. The molecule has 12 heteroatoms. The van der Waals surface area contributed by atoms with E-state index < -0.39 is 51.1 Å². The molecule has 3 atom stereocenters. The summed E-state index contributed by atoms with van der Waals surface area (Å²) in [4.78, 5) is 46.0. The molecule has 0 rings (SSSR count). The number of aliphatic carboxylic acids is 1. The summed E-state index contributed by atoms with van der Waals surface area (Å²) in [5.41, 5.74) is 5.34. The molecule has 344 valence electrons. The van der Waals surface area contributed by atoms with Crippen LogP contribution in [0, 0.1) is 0 Å². The number of hydrogen-bond donors (Lipinski definition) is 3. The van der Waals surface area contributed by atoms with Crippen LogP contribution in [-0.2, 0) is 37.5 Å². The smallest absolute Gasteiger partial charge is 0.472 e. The molecule has 0 aromatic carbocycles. The van der Waals surface area contributed by atoms with Gasteiger partial charge in [-0.15, -0.1) is 0 Å². The minimum atomic E-state index is -4.71. The number of carbonyl (C=O) groups excluding carboxylic acids is 2. The monoisotopic (exact) mass is 848 g/mol. The third-order valence-corrected chi connectivity index (χ3v) is 11.8. The van der Waals surface area contributed by atoms with E-state index in [0.717, 1.165) is 38.5 Å². The van der Waals surface area contributed by atoms with Gasteiger partial charge in [0.2, 0.25) is 0 Å². The highest BCUT2D eigenvalue weighted by Crippen LogP contribution is 2.43. The van der Waals surface area contributed by atoms with Gasteiger partial charge in [-0.2, -0.15) is 0 Å². The lowest BCUT2D eigenvalue weighted by Crippen LogP contribution is -2.34. The minimum Gasteiger partial charge on any atom is -0.480 e. The lowest BCUT2D eigenvalue weighted by Gasteiger charge is -2.20. The fraction of sp³-hybridized carbons (Fsp3) is 0.935. The average Bonchev–Trinajstić information content (AvgIpc) is 3.20. The molecule has 0 aromatic heterocycles. The predicted molar refractivity (Wildman–Crippen MR) is 236 cm³/mol. The van der Waals surface area contributed by atoms with Crippen molar-refractivity contribution in [2.24, 2.45) is 5.73 Å². The zero-order chi connectivity index (χ0) is 42.8. The largest absolute Gasteiger partial charge is 0.480 e. The van der Waals surface area contributed by atoms with Crippen LogP contribution in [0.1, 0.15) is 245 Å². The molecule has 1 unspecified atom stereocenters. The number of hydrogen-bond acceptors (Lipinski definition) is 9. The van der Waals surface area contributed by atoms with E-state index in [1.807, 2.05) is 0 Å². The third kappa shape index (κ3) is 41.2. The summed E-state index contributed by atoms with van der Waals surface area (Å²) >= 11 is 0. The van der Waals surface area contributed by atoms with Gasteiger partial charge < -0.3 is 25.2 Å². The van der Waals surface area contributed by atoms with Gasteiger partial charge in [-0.3, -0.25) is 23.4 Å². The maximum absolute atomic E-state index is 12.7. The molecule has 0 saturated carbocycles. The van der Waals surface area contributed by atoms with Crippen LogP contribution < -0.4 is 5.73 Å². The fourth-order valence-electron chi connectivity index (χ4n) is 7.07. The van der Waals surface area contributed by atoms with Crippen molar-refractivity contribution in [1.82, 2.24) is 0 Å². The molecule has 0 aromatic rings. The first kappa shape index (κ1) is 56.5. The van der Waals surface area contributed by atoms with E-state index in [1.54, 1.807) is 0 Å². The molecular formula is C46H90NO10P. The number of carboxylic acids is 1. The molecule has 0 heterocycles. The van der Waals surface area contributed by atoms with Crippen molar-refractivity contribution in [2.75, 3.05) is 19.8 Å². The van der Waals surface area contributed by atoms with Crippen LogP contribution in [0.25, 0.3) is 0 Å². The van der Waals surface area contributed by atoms with E-state index >= 15 is 0 Å². The molecule has 0 amide bonds. The number of nitrogens with two attached hydrogens (primary N) is 1. The summed E-state index contributed by atoms with van der Waals surface area (Å²) in [5.74, 6) is -2.35. The Kier molecular flexibility index (Phi) is 41.1. The number of rotatable bonds is 46. The molecule has 4 N–H and O–H groups in total. The molecule has 58 heavy (non-hydrogen) atoms. The van der Waals surface area contributed by atoms with E-state index in [2.05, 4.69) is 18.4 Å². The van der Waals surface area contributed by atoms with Crippen molar-refractivity contribution in [2.45, 2.75) is 257 Å². The quantitative estimate of drug-likeness (QED) is 0.0302. The predicted octanol–water partition coefficient (Wildman–Crippen LogP) is 13.1. The van der Waals surface area contributed by atoms with E-state index in [-0.39, 0.29) is 19.4 Å². The van der Waals surface area contributed by atoms with Crippen molar-refractivity contribution in [1.29, 1.82) is 0 Å². The molecule has 0 spiro atoms. The Hall–Kier alpha value is -1.52. The summed E-state index contributed by atoms with van der Waals surface area (Å²) in [7, 11) is -4.71. The van der Waals surface area contributed by atoms with Gasteiger partial charge in [0.05, 0.1) is 13.2 Å².